The zero-order valence-electron chi connectivity index (χ0n) is 11.5. The Bertz CT molecular complexity index is 525. The van der Waals surface area contributed by atoms with Crippen LogP contribution >= 0.6 is 0 Å². The van der Waals surface area contributed by atoms with Gasteiger partial charge in [0.05, 0.1) is 17.7 Å². The van der Waals surface area contributed by atoms with Crippen LogP contribution in [-0.4, -0.2) is 40.1 Å². The summed E-state index contributed by atoms with van der Waals surface area (Å²) in [6, 6.07) is 9.56. The normalized spacial score (nSPS) is 23.7. The molecule has 4 nitrogen and oxygen atoms in total. The number of aromatic nitrogens is 2. The fourth-order valence-electron chi connectivity index (χ4n) is 2.74. The van der Waals surface area contributed by atoms with Crippen molar-refractivity contribution < 1.29 is 0 Å². The second-order valence-electron chi connectivity index (χ2n) is 5.35. The van der Waals surface area contributed by atoms with E-state index in [1.54, 1.807) is 0 Å². The molecule has 0 saturated carbocycles. The summed E-state index contributed by atoms with van der Waals surface area (Å²) in [4.78, 5) is 6.52. The number of hydrogen-bond acceptors (Lipinski definition) is 3. The highest BCUT2D eigenvalue weighted by molar-refractivity contribution is 5.61. The molecule has 1 aliphatic heterocycles. The van der Waals surface area contributed by atoms with Gasteiger partial charge in [-0.05, 0) is 32.5 Å². The summed E-state index contributed by atoms with van der Waals surface area (Å²) in [6.07, 6.45) is 6.81. The van der Waals surface area contributed by atoms with Gasteiger partial charge in [-0.2, -0.15) is 0 Å². The minimum absolute atomic E-state index is 0.518. The van der Waals surface area contributed by atoms with Crippen molar-refractivity contribution in [1.29, 1.82) is 0 Å². The third-order valence-corrected chi connectivity index (χ3v) is 3.93. The number of imidazole rings is 1. The van der Waals surface area contributed by atoms with Crippen LogP contribution in [0, 0.1) is 0 Å². The molecular weight excluding hydrogens is 236 g/mol. The van der Waals surface area contributed by atoms with Crippen molar-refractivity contribution in [2.75, 3.05) is 18.9 Å². The Hall–Kier alpha value is -1.81. The van der Waals surface area contributed by atoms with E-state index < -0.39 is 0 Å². The third kappa shape index (κ3) is 2.49. The maximum atomic E-state index is 4.12. The Morgan fingerprint density at radius 3 is 2.84 bits per heavy atom. The SMILES string of the molecule is CC1CC(Nc2ccccc2-n2ccnc2)CN1C. The lowest BCUT2D eigenvalue weighted by atomic mass is 10.1. The molecule has 1 saturated heterocycles. The molecule has 2 heterocycles. The Morgan fingerprint density at radius 2 is 2.16 bits per heavy atom. The molecule has 1 fully saturated rings. The van der Waals surface area contributed by atoms with E-state index in [4.69, 9.17) is 0 Å². The van der Waals surface area contributed by atoms with E-state index in [2.05, 4.69) is 53.4 Å². The molecule has 2 unspecified atom stereocenters. The van der Waals surface area contributed by atoms with Gasteiger partial charge in [0.2, 0.25) is 0 Å². The molecule has 1 aromatic heterocycles. The van der Waals surface area contributed by atoms with Gasteiger partial charge in [0.25, 0.3) is 0 Å². The first kappa shape index (κ1) is 12.2. The number of likely N-dealkylation sites (N-methyl/N-ethyl adjacent to an activating group) is 1. The van der Waals surface area contributed by atoms with Gasteiger partial charge >= 0.3 is 0 Å². The average molecular weight is 256 g/mol. The van der Waals surface area contributed by atoms with Gasteiger partial charge in [-0.15, -0.1) is 0 Å². The molecule has 4 heteroatoms. The van der Waals surface area contributed by atoms with E-state index in [-0.39, 0.29) is 0 Å². The minimum Gasteiger partial charge on any atom is -0.379 e. The lowest BCUT2D eigenvalue weighted by molar-refractivity contribution is 0.330. The van der Waals surface area contributed by atoms with Crippen LogP contribution in [0.2, 0.25) is 0 Å². The summed E-state index contributed by atoms with van der Waals surface area (Å²) >= 11 is 0. The van der Waals surface area contributed by atoms with Crippen LogP contribution in [-0.2, 0) is 0 Å². The first-order valence-electron chi connectivity index (χ1n) is 6.78. The zero-order valence-corrected chi connectivity index (χ0v) is 11.5. The lowest BCUT2D eigenvalue weighted by Crippen LogP contribution is -2.25. The molecule has 0 amide bonds. The number of nitrogens with one attached hydrogen (secondary N) is 1. The molecule has 19 heavy (non-hydrogen) atoms. The van der Waals surface area contributed by atoms with E-state index in [9.17, 15) is 0 Å². The third-order valence-electron chi connectivity index (χ3n) is 3.93. The topological polar surface area (TPSA) is 33.1 Å². The maximum Gasteiger partial charge on any atom is 0.0992 e. The number of hydrogen-bond donors (Lipinski definition) is 1. The van der Waals surface area contributed by atoms with E-state index in [1.165, 1.54) is 12.1 Å². The largest absolute Gasteiger partial charge is 0.379 e. The molecule has 100 valence electrons. The highest BCUT2D eigenvalue weighted by Gasteiger charge is 2.26. The van der Waals surface area contributed by atoms with Gasteiger partial charge in [-0.3, -0.25) is 0 Å². The fourth-order valence-corrected chi connectivity index (χ4v) is 2.74. The smallest absolute Gasteiger partial charge is 0.0992 e. The van der Waals surface area contributed by atoms with Crippen LogP contribution < -0.4 is 5.32 Å². The monoisotopic (exact) mass is 256 g/mol. The number of benzene rings is 1. The van der Waals surface area contributed by atoms with Crippen LogP contribution in [0.1, 0.15) is 13.3 Å². The number of para-hydroxylation sites is 2. The second kappa shape index (κ2) is 5.05. The van der Waals surface area contributed by atoms with E-state index in [0.29, 0.717) is 12.1 Å². The zero-order chi connectivity index (χ0) is 13.2. The molecule has 0 radical (unpaired) electrons. The van der Waals surface area contributed by atoms with Crippen LogP contribution in [0.25, 0.3) is 5.69 Å². The van der Waals surface area contributed by atoms with Crippen molar-refractivity contribution in [3.8, 4) is 5.69 Å². The molecule has 2 atom stereocenters. The Morgan fingerprint density at radius 1 is 1.32 bits per heavy atom. The van der Waals surface area contributed by atoms with Crippen molar-refractivity contribution in [2.45, 2.75) is 25.4 Å². The summed E-state index contributed by atoms with van der Waals surface area (Å²) in [7, 11) is 2.19. The summed E-state index contributed by atoms with van der Waals surface area (Å²) in [6.45, 7) is 3.38. The Kier molecular flexibility index (Phi) is 3.25. The standard InChI is InChI=1S/C15H20N4/c1-12-9-13(10-18(12)2)17-14-5-3-4-6-15(14)19-8-7-16-11-19/h3-8,11-13,17H,9-10H2,1-2H3. The van der Waals surface area contributed by atoms with Gasteiger partial charge in [0.15, 0.2) is 0 Å². The number of nitrogens with zero attached hydrogens (tertiary/aromatic N) is 3. The first-order valence-corrected chi connectivity index (χ1v) is 6.78. The van der Waals surface area contributed by atoms with Crippen molar-refractivity contribution in [3.63, 3.8) is 0 Å². The van der Waals surface area contributed by atoms with Gasteiger partial charge < -0.3 is 14.8 Å². The van der Waals surface area contributed by atoms with E-state index >= 15 is 0 Å². The fraction of sp³-hybridized carbons (Fsp3) is 0.400. The molecule has 2 aromatic rings. The van der Waals surface area contributed by atoms with E-state index in [1.807, 2.05) is 23.3 Å². The van der Waals surface area contributed by atoms with Crippen LogP contribution in [0.15, 0.2) is 43.0 Å². The molecule has 1 N–H and O–H groups in total. The van der Waals surface area contributed by atoms with Crippen LogP contribution in [0.4, 0.5) is 5.69 Å². The highest BCUT2D eigenvalue weighted by atomic mass is 15.2. The molecule has 0 aliphatic carbocycles. The summed E-state index contributed by atoms with van der Waals surface area (Å²) in [5.41, 5.74) is 2.33. The quantitative estimate of drug-likeness (QED) is 0.915. The van der Waals surface area contributed by atoms with Crippen LogP contribution in [0.3, 0.4) is 0 Å². The molecular formula is C15H20N4. The average Bonchev–Trinajstić information content (AvgIpc) is 3.02. The first-order chi connectivity index (χ1) is 9.24. The Labute approximate surface area is 114 Å². The lowest BCUT2D eigenvalue weighted by Gasteiger charge is -2.17. The van der Waals surface area contributed by atoms with Crippen molar-refractivity contribution in [1.82, 2.24) is 14.5 Å². The molecule has 0 spiro atoms. The predicted molar refractivity (Wildman–Crippen MR) is 77.7 cm³/mol. The maximum absolute atomic E-state index is 4.12. The molecule has 0 bridgehead atoms. The van der Waals surface area contributed by atoms with Crippen LogP contribution in [0.5, 0.6) is 0 Å². The van der Waals surface area contributed by atoms with Gasteiger partial charge in [-0.25, -0.2) is 4.98 Å². The summed E-state index contributed by atoms with van der Waals surface area (Å²) < 4.78 is 2.05. The number of likely N-dealkylation sites (tertiary alicyclic amines) is 1. The number of anilines is 1. The molecule has 3 rings (SSSR count). The highest BCUT2D eigenvalue weighted by Crippen LogP contribution is 2.24. The van der Waals surface area contributed by atoms with Crippen molar-refractivity contribution in [3.05, 3.63) is 43.0 Å². The van der Waals surface area contributed by atoms with Gasteiger partial charge in [0.1, 0.15) is 0 Å². The Balaban J connectivity index is 1.82. The van der Waals surface area contributed by atoms with Crippen molar-refractivity contribution in [2.24, 2.45) is 0 Å². The minimum atomic E-state index is 0.518. The van der Waals surface area contributed by atoms with Crippen molar-refractivity contribution >= 4 is 5.69 Å². The van der Waals surface area contributed by atoms with E-state index in [0.717, 1.165) is 12.2 Å². The summed E-state index contributed by atoms with van der Waals surface area (Å²) in [5.74, 6) is 0. The van der Waals surface area contributed by atoms with Gasteiger partial charge in [-0.1, -0.05) is 12.1 Å². The second-order valence-corrected chi connectivity index (χ2v) is 5.35. The summed E-state index contributed by atoms with van der Waals surface area (Å²) in [5, 5.41) is 3.67. The van der Waals surface area contributed by atoms with Gasteiger partial charge in [0, 0.05) is 31.0 Å². The molecule has 1 aliphatic rings. The predicted octanol–water partition coefficient (Wildman–Crippen LogP) is 2.38. The molecule has 1 aromatic carbocycles. The number of rotatable bonds is 3.